The van der Waals surface area contributed by atoms with Crippen LogP contribution in [0.4, 0.5) is 11.4 Å². The molecule has 3 rings (SSSR count). The van der Waals surface area contributed by atoms with Gasteiger partial charge in [-0.2, -0.15) is 0 Å². The number of amides is 1. The lowest BCUT2D eigenvalue weighted by atomic mass is 10.1. The molecule has 0 aliphatic heterocycles. The minimum atomic E-state index is -1.23. The summed E-state index contributed by atoms with van der Waals surface area (Å²) in [6.07, 6.45) is 5.29. The van der Waals surface area contributed by atoms with Gasteiger partial charge in [0, 0.05) is 35.5 Å². The summed E-state index contributed by atoms with van der Waals surface area (Å²) < 4.78 is 17.4. The molecule has 3 aromatic rings. The van der Waals surface area contributed by atoms with E-state index in [1.54, 1.807) is 25.1 Å². The third-order valence-electron chi connectivity index (χ3n) is 4.42. The Morgan fingerprint density at radius 1 is 1.19 bits per heavy atom. The molecule has 0 saturated carbocycles. The lowest BCUT2D eigenvalue weighted by Gasteiger charge is -2.18. The molecule has 0 saturated heterocycles. The molecule has 0 radical (unpaired) electrons. The third kappa shape index (κ3) is 5.42. The standard InChI is InChI=1S/C21H19Cl2N5O3S/c1-11(19-15(22)9-26-10-16(19)23)31-13-4-5-17(24)14(7-13)20(25)21(29)28-12-3-6-18(27-8-12)32(2)30/h3-11,25H,24H2,1-2H3,(H,28,29). The fourth-order valence-corrected chi connectivity index (χ4v) is 3.97. The second kappa shape index (κ2) is 10.1. The van der Waals surface area contributed by atoms with Crippen LogP contribution in [-0.2, 0) is 15.6 Å². The van der Waals surface area contributed by atoms with Crippen LogP contribution in [0.3, 0.4) is 0 Å². The van der Waals surface area contributed by atoms with Gasteiger partial charge in [0.05, 0.1) is 32.7 Å². The third-order valence-corrected chi connectivity index (χ3v) is 5.85. The molecule has 0 fully saturated rings. The Bertz CT molecular complexity index is 1180. The van der Waals surface area contributed by atoms with Gasteiger partial charge in [-0.05, 0) is 37.3 Å². The number of nitrogens with one attached hydrogen (secondary N) is 2. The van der Waals surface area contributed by atoms with Crippen LogP contribution in [0.15, 0.2) is 53.9 Å². The molecular weight excluding hydrogens is 473 g/mol. The first-order valence-electron chi connectivity index (χ1n) is 9.22. The summed E-state index contributed by atoms with van der Waals surface area (Å²) in [6, 6.07) is 7.76. The van der Waals surface area contributed by atoms with Gasteiger partial charge in [0.1, 0.15) is 22.6 Å². The van der Waals surface area contributed by atoms with Crippen molar-refractivity contribution >= 4 is 57.0 Å². The van der Waals surface area contributed by atoms with Crippen LogP contribution in [0.25, 0.3) is 0 Å². The summed E-state index contributed by atoms with van der Waals surface area (Å²) in [5.41, 5.74) is 6.99. The zero-order chi connectivity index (χ0) is 23.4. The van der Waals surface area contributed by atoms with E-state index in [2.05, 4.69) is 15.3 Å². The maximum atomic E-state index is 12.6. The average Bonchev–Trinajstić information content (AvgIpc) is 2.74. The molecule has 0 bridgehead atoms. The average molecular weight is 492 g/mol. The van der Waals surface area contributed by atoms with Gasteiger partial charge >= 0.3 is 0 Å². The van der Waals surface area contributed by atoms with Gasteiger partial charge in [0.15, 0.2) is 0 Å². The largest absolute Gasteiger partial charge is 0.486 e. The second-order valence-corrected chi connectivity index (χ2v) is 8.84. The van der Waals surface area contributed by atoms with E-state index < -0.39 is 22.8 Å². The van der Waals surface area contributed by atoms with Crippen LogP contribution in [0, 0.1) is 5.41 Å². The van der Waals surface area contributed by atoms with Crippen molar-refractivity contribution in [1.29, 1.82) is 5.41 Å². The van der Waals surface area contributed by atoms with E-state index in [9.17, 15) is 9.00 Å². The SMILES string of the molecule is CC(Oc1ccc(N)c(C(=N)C(=O)Nc2ccc(S(C)=O)nc2)c1)c1c(Cl)cncc1Cl. The lowest BCUT2D eigenvalue weighted by Crippen LogP contribution is -2.24. The van der Waals surface area contributed by atoms with Gasteiger partial charge in [-0.15, -0.1) is 0 Å². The van der Waals surface area contributed by atoms with Gasteiger partial charge < -0.3 is 15.8 Å². The first kappa shape index (κ1) is 23.6. The number of carbonyl (C=O) groups is 1. The van der Waals surface area contributed by atoms with Crippen LogP contribution in [0.2, 0.25) is 10.0 Å². The topological polar surface area (TPSA) is 131 Å². The molecule has 1 amide bonds. The summed E-state index contributed by atoms with van der Waals surface area (Å²) in [4.78, 5) is 20.5. The fourth-order valence-electron chi connectivity index (χ4n) is 2.84. The Morgan fingerprint density at radius 3 is 2.47 bits per heavy atom. The Balaban J connectivity index is 1.77. The highest BCUT2D eigenvalue weighted by molar-refractivity contribution is 7.84. The summed E-state index contributed by atoms with van der Waals surface area (Å²) in [5.74, 6) is -0.311. The molecule has 4 N–H and O–H groups in total. The molecular formula is C21H19Cl2N5O3S. The molecule has 0 aliphatic rings. The highest BCUT2D eigenvalue weighted by Crippen LogP contribution is 2.33. The highest BCUT2D eigenvalue weighted by atomic mass is 35.5. The predicted molar refractivity (Wildman–Crippen MR) is 126 cm³/mol. The Kier molecular flexibility index (Phi) is 7.44. The summed E-state index contributed by atoms with van der Waals surface area (Å²) >= 11 is 12.4. The zero-order valence-corrected chi connectivity index (χ0v) is 19.4. The number of nitrogens with two attached hydrogens (primary N) is 1. The van der Waals surface area contributed by atoms with Crippen LogP contribution < -0.4 is 15.8 Å². The van der Waals surface area contributed by atoms with Crippen molar-refractivity contribution in [3.8, 4) is 5.75 Å². The number of aromatic nitrogens is 2. The van der Waals surface area contributed by atoms with Crippen molar-refractivity contribution in [1.82, 2.24) is 9.97 Å². The Labute approximate surface area is 197 Å². The molecule has 32 heavy (non-hydrogen) atoms. The van der Waals surface area contributed by atoms with E-state index in [1.165, 1.54) is 37.0 Å². The fraction of sp³-hybridized carbons (Fsp3) is 0.143. The number of pyridine rings is 2. The maximum absolute atomic E-state index is 12.6. The van der Waals surface area contributed by atoms with Crippen LogP contribution in [0.5, 0.6) is 5.75 Å². The molecule has 2 heterocycles. The quantitative estimate of drug-likeness (QED) is 0.334. The number of carbonyl (C=O) groups excluding carboxylic acids is 1. The Morgan fingerprint density at radius 2 is 1.88 bits per heavy atom. The summed E-state index contributed by atoms with van der Waals surface area (Å²) in [5, 5.41) is 12.0. The first-order valence-corrected chi connectivity index (χ1v) is 11.5. The van der Waals surface area contributed by atoms with Crippen LogP contribution in [-0.4, -0.2) is 32.1 Å². The number of hydrogen-bond acceptors (Lipinski definition) is 7. The molecule has 8 nitrogen and oxygen atoms in total. The van der Waals surface area contributed by atoms with E-state index in [4.69, 9.17) is 39.1 Å². The molecule has 2 unspecified atom stereocenters. The van der Waals surface area contributed by atoms with E-state index >= 15 is 0 Å². The summed E-state index contributed by atoms with van der Waals surface area (Å²) in [7, 11) is -1.23. The minimum Gasteiger partial charge on any atom is -0.486 e. The smallest absolute Gasteiger partial charge is 0.274 e. The zero-order valence-electron chi connectivity index (χ0n) is 17.1. The van der Waals surface area contributed by atoms with E-state index in [1.807, 2.05) is 0 Å². The molecule has 0 spiro atoms. The number of rotatable bonds is 7. The van der Waals surface area contributed by atoms with Crippen LogP contribution in [0.1, 0.15) is 24.2 Å². The van der Waals surface area contributed by atoms with Gasteiger partial charge in [-0.25, -0.2) is 4.98 Å². The van der Waals surface area contributed by atoms with Crippen molar-refractivity contribution in [3.63, 3.8) is 0 Å². The number of halogens is 2. The molecule has 1 aromatic carbocycles. The molecule has 2 aromatic heterocycles. The Hall–Kier alpha value is -3.01. The van der Waals surface area contributed by atoms with Crippen molar-refractivity contribution in [2.45, 2.75) is 18.1 Å². The predicted octanol–water partition coefficient (Wildman–Crippen LogP) is 4.25. The number of hydrogen-bond donors (Lipinski definition) is 3. The molecule has 11 heteroatoms. The van der Waals surface area contributed by atoms with Crippen molar-refractivity contribution in [2.75, 3.05) is 17.3 Å². The number of nitrogens with zero attached hydrogens (tertiary/aromatic N) is 2. The minimum absolute atomic E-state index is 0.193. The maximum Gasteiger partial charge on any atom is 0.274 e. The molecule has 2 atom stereocenters. The number of ether oxygens (including phenoxy) is 1. The van der Waals surface area contributed by atoms with E-state index in [0.29, 0.717) is 32.1 Å². The van der Waals surface area contributed by atoms with Crippen molar-refractivity contribution in [2.24, 2.45) is 0 Å². The van der Waals surface area contributed by atoms with Crippen molar-refractivity contribution in [3.05, 3.63) is 70.1 Å². The van der Waals surface area contributed by atoms with Crippen LogP contribution >= 0.6 is 23.2 Å². The monoisotopic (exact) mass is 491 g/mol. The van der Waals surface area contributed by atoms with Crippen molar-refractivity contribution < 1.29 is 13.7 Å². The van der Waals surface area contributed by atoms with E-state index in [0.717, 1.165) is 0 Å². The van der Waals surface area contributed by atoms with Gasteiger partial charge in [-0.3, -0.25) is 19.4 Å². The highest BCUT2D eigenvalue weighted by Gasteiger charge is 2.19. The number of anilines is 2. The summed E-state index contributed by atoms with van der Waals surface area (Å²) in [6.45, 7) is 1.77. The lowest BCUT2D eigenvalue weighted by molar-refractivity contribution is -0.110. The number of benzene rings is 1. The second-order valence-electron chi connectivity index (χ2n) is 6.69. The molecule has 166 valence electrons. The van der Waals surface area contributed by atoms with Gasteiger partial charge in [-0.1, -0.05) is 23.2 Å². The van der Waals surface area contributed by atoms with E-state index in [-0.39, 0.29) is 17.0 Å². The first-order chi connectivity index (χ1) is 15.2. The van der Waals surface area contributed by atoms with Gasteiger partial charge in [0.2, 0.25) is 0 Å². The number of nitrogen functional groups attached to an aromatic ring is 1. The van der Waals surface area contributed by atoms with Gasteiger partial charge in [0.25, 0.3) is 5.91 Å². The normalized spacial score (nSPS) is 12.6. The molecule has 0 aliphatic carbocycles.